The maximum absolute atomic E-state index is 12.9. The van der Waals surface area contributed by atoms with Crippen molar-refractivity contribution in [1.29, 1.82) is 0 Å². The Kier molecular flexibility index (Phi) is 7.93. The fourth-order valence-electron chi connectivity index (χ4n) is 3.81. The van der Waals surface area contributed by atoms with Gasteiger partial charge < -0.3 is 10.1 Å². The Morgan fingerprint density at radius 3 is 2.03 bits per heavy atom. The van der Waals surface area contributed by atoms with Crippen LogP contribution in [0.2, 0.25) is 0 Å². The molecule has 0 bridgehead atoms. The van der Waals surface area contributed by atoms with E-state index in [1.807, 2.05) is 49.4 Å². The first-order valence-corrected chi connectivity index (χ1v) is 11.7. The van der Waals surface area contributed by atoms with Crippen LogP contribution in [0, 0.1) is 0 Å². The van der Waals surface area contributed by atoms with E-state index >= 15 is 0 Å². The zero-order valence-electron chi connectivity index (χ0n) is 20.8. The zero-order valence-corrected chi connectivity index (χ0v) is 20.8. The average molecular weight is 508 g/mol. The Morgan fingerprint density at radius 2 is 1.32 bits per heavy atom. The summed E-state index contributed by atoms with van der Waals surface area (Å²) < 4.78 is 4.81. The van der Waals surface area contributed by atoms with Crippen LogP contribution in [-0.2, 0) is 9.53 Å². The van der Waals surface area contributed by atoms with Crippen molar-refractivity contribution in [2.45, 2.75) is 6.92 Å². The zero-order chi connectivity index (χ0) is 27.1. The maximum atomic E-state index is 12.9. The number of fused-ring (bicyclic) bond motifs is 1. The van der Waals surface area contributed by atoms with Crippen LogP contribution in [0.3, 0.4) is 0 Å². The largest absolute Gasteiger partial charge is 0.465 e. The Morgan fingerprint density at radius 1 is 0.684 bits per heavy atom. The monoisotopic (exact) mass is 507 g/mol. The van der Waals surface area contributed by atoms with Crippen molar-refractivity contribution >= 4 is 45.7 Å². The third kappa shape index (κ3) is 6.11. The molecule has 4 rings (SSSR count). The van der Waals surface area contributed by atoms with E-state index in [0.29, 0.717) is 11.1 Å². The third-order valence-electron chi connectivity index (χ3n) is 5.82. The molecule has 0 heterocycles. The van der Waals surface area contributed by atoms with E-state index in [0.717, 1.165) is 16.3 Å². The molecule has 3 amide bonds. The maximum Gasteiger partial charge on any atom is 0.339 e. The lowest BCUT2D eigenvalue weighted by Gasteiger charge is -2.12. The van der Waals surface area contributed by atoms with Gasteiger partial charge in [0.2, 0.25) is 5.91 Å². The van der Waals surface area contributed by atoms with Crippen LogP contribution in [0.15, 0.2) is 97.1 Å². The lowest BCUT2D eigenvalue weighted by atomic mass is 10.0. The number of benzene rings is 4. The highest BCUT2D eigenvalue weighted by molar-refractivity contribution is 6.09. The number of amides is 3. The summed E-state index contributed by atoms with van der Waals surface area (Å²) in [4.78, 5) is 50.1. The van der Waals surface area contributed by atoms with E-state index < -0.39 is 23.7 Å². The molecule has 4 aromatic rings. The third-order valence-corrected chi connectivity index (χ3v) is 5.82. The van der Waals surface area contributed by atoms with Crippen LogP contribution in [-0.4, -0.2) is 30.8 Å². The molecule has 0 aliphatic carbocycles. The molecule has 0 spiro atoms. The molecule has 0 fully saturated rings. The van der Waals surface area contributed by atoms with Gasteiger partial charge >= 0.3 is 5.97 Å². The molecule has 0 atom stereocenters. The van der Waals surface area contributed by atoms with Crippen molar-refractivity contribution < 1.29 is 23.9 Å². The Labute approximate surface area is 219 Å². The molecule has 0 saturated heterocycles. The van der Waals surface area contributed by atoms with Gasteiger partial charge in [-0.2, -0.15) is 0 Å². The second-order valence-corrected chi connectivity index (χ2v) is 8.40. The number of anilines is 1. The molecular weight excluding hydrogens is 482 g/mol. The summed E-state index contributed by atoms with van der Waals surface area (Å²) in [7, 11) is 1.22. The first-order valence-electron chi connectivity index (χ1n) is 11.7. The molecular formula is C30H25N3O5. The van der Waals surface area contributed by atoms with Crippen molar-refractivity contribution in [3.8, 4) is 0 Å². The van der Waals surface area contributed by atoms with Crippen LogP contribution in [0.5, 0.6) is 0 Å². The number of carbonyl (C=O) groups excluding carboxylic acids is 4. The number of hydrogen-bond acceptors (Lipinski definition) is 5. The van der Waals surface area contributed by atoms with Gasteiger partial charge in [0.1, 0.15) is 0 Å². The fraction of sp³-hybridized carbons (Fsp3) is 0.0667. The SMILES string of the molecule is COC(=O)c1ccc(C(=O)NNC(=O)c2ccccc2)cc1NC(=O)C=C(C)c1ccc2ccccc2c1. The quantitative estimate of drug-likeness (QED) is 0.198. The van der Waals surface area contributed by atoms with E-state index in [-0.39, 0.29) is 16.8 Å². The van der Waals surface area contributed by atoms with Crippen molar-refractivity contribution in [3.05, 3.63) is 119 Å². The second kappa shape index (κ2) is 11.7. The lowest BCUT2D eigenvalue weighted by Crippen LogP contribution is -2.41. The predicted octanol–water partition coefficient (Wildman–Crippen LogP) is 4.74. The summed E-state index contributed by atoms with van der Waals surface area (Å²) in [6.45, 7) is 1.81. The van der Waals surface area contributed by atoms with E-state index in [1.165, 1.54) is 31.4 Å². The lowest BCUT2D eigenvalue weighted by molar-refractivity contribution is -0.111. The molecule has 0 saturated carbocycles. The summed E-state index contributed by atoms with van der Waals surface area (Å²) in [5.41, 5.74) is 6.89. The molecule has 3 N–H and O–H groups in total. The Balaban J connectivity index is 1.52. The number of carbonyl (C=O) groups is 4. The molecule has 0 aliphatic rings. The number of allylic oxidation sites excluding steroid dienone is 1. The highest BCUT2D eigenvalue weighted by atomic mass is 16.5. The van der Waals surface area contributed by atoms with E-state index in [2.05, 4.69) is 16.2 Å². The van der Waals surface area contributed by atoms with E-state index in [9.17, 15) is 19.2 Å². The summed E-state index contributed by atoms with van der Waals surface area (Å²) in [6.07, 6.45) is 1.41. The fourth-order valence-corrected chi connectivity index (χ4v) is 3.81. The normalized spacial score (nSPS) is 10.9. The van der Waals surface area contributed by atoms with Crippen LogP contribution >= 0.6 is 0 Å². The smallest absolute Gasteiger partial charge is 0.339 e. The first kappa shape index (κ1) is 25.8. The average Bonchev–Trinajstić information content (AvgIpc) is 2.95. The van der Waals surface area contributed by atoms with Gasteiger partial charge in [-0.1, -0.05) is 54.6 Å². The van der Waals surface area contributed by atoms with Crippen LogP contribution in [0.25, 0.3) is 16.3 Å². The van der Waals surface area contributed by atoms with Crippen LogP contribution in [0.4, 0.5) is 5.69 Å². The number of esters is 1. The molecule has 8 heteroatoms. The highest BCUT2D eigenvalue weighted by Crippen LogP contribution is 2.23. The Bertz CT molecular complexity index is 1560. The van der Waals surface area contributed by atoms with Gasteiger partial charge in [0.15, 0.2) is 0 Å². The minimum Gasteiger partial charge on any atom is -0.465 e. The first-order chi connectivity index (χ1) is 18.4. The number of nitrogens with one attached hydrogen (secondary N) is 3. The topological polar surface area (TPSA) is 114 Å². The molecule has 0 aliphatic heterocycles. The van der Waals surface area contributed by atoms with Gasteiger partial charge in [0, 0.05) is 17.2 Å². The van der Waals surface area contributed by atoms with Crippen molar-refractivity contribution in [2.75, 3.05) is 12.4 Å². The van der Waals surface area contributed by atoms with Gasteiger partial charge in [-0.05, 0) is 65.2 Å². The minimum absolute atomic E-state index is 0.0717. The molecule has 38 heavy (non-hydrogen) atoms. The standard InChI is InChI=1S/C30H25N3O5/c1-19(22-13-12-20-8-6-7-11-23(20)17-22)16-27(34)31-26-18-24(14-15-25(26)30(37)38-2)29(36)33-32-28(35)21-9-4-3-5-10-21/h3-18H,1-2H3,(H,31,34)(H,32,35)(H,33,36). The van der Waals surface area contributed by atoms with Crippen LogP contribution < -0.4 is 16.2 Å². The molecule has 0 radical (unpaired) electrons. The molecule has 4 aromatic carbocycles. The summed E-state index contributed by atoms with van der Waals surface area (Å²) in [6, 6.07) is 26.3. The molecule has 8 nitrogen and oxygen atoms in total. The molecule has 0 unspecified atom stereocenters. The summed E-state index contributed by atoms with van der Waals surface area (Å²) >= 11 is 0. The Hall–Kier alpha value is -5.24. The summed E-state index contributed by atoms with van der Waals surface area (Å²) in [5.74, 6) is -2.30. The predicted molar refractivity (Wildman–Crippen MR) is 145 cm³/mol. The number of hydrazine groups is 1. The molecule has 0 aromatic heterocycles. The van der Waals surface area contributed by atoms with Gasteiger partial charge in [-0.25, -0.2) is 4.79 Å². The highest BCUT2D eigenvalue weighted by Gasteiger charge is 2.17. The second-order valence-electron chi connectivity index (χ2n) is 8.40. The van der Waals surface area contributed by atoms with Gasteiger partial charge in [-0.15, -0.1) is 0 Å². The van der Waals surface area contributed by atoms with Crippen molar-refractivity contribution in [1.82, 2.24) is 10.9 Å². The molecule has 190 valence electrons. The van der Waals surface area contributed by atoms with Crippen molar-refractivity contribution in [3.63, 3.8) is 0 Å². The number of methoxy groups -OCH3 is 1. The number of rotatable bonds is 6. The van der Waals surface area contributed by atoms with Crippen LogP contribution in [0.1, 0.15) is 43.6 Å². The van der Waals surface area contributed by atoms with Crippen molar-refractivity contribution in [2.24, 2.45) is 0 Å². The van der Waals surface area contributed by atoms with Gasteiger partial charge in [0.05, 0.1) is 18.4 Å². The van der Waals surface area contributed by atoms with E-state index in [4.69, 9.17) is 4.74 Å². The number of ether oxygens (including phenoxy) is 1. The minimum atomic E-state index is -0.681. The summed E-state index contributed by atoms with van der Waals surface area (Å²) in [5, 5.41) is 4.80. The van der Waals surface area contributed by atoms with E-state index in [1.54, 1.807) is 30.3 Å². The van der Waals surface area contributed by atoms with Gasteiger partial charge in [-0.3, -0.25) is 25.2 Å². The van der Waals surface area contributed by atoms with Gasteiger partial charge in [0.25, 0.3) is 11.8 Å². The number of hydrogen-bond donors (Lipinski definition) is 3.